The van der Waals surface area contributed by atoms with Gasteiger partial charge in [-0.05, 0) is 24.2 Å². The van der Waals surface area contributed by atoms with E-state index in [1.807, 2.05) is 0 Å². The number of hydrogen-bond acceptors (Lipinski definition) is 9. The summed E-state index contributed by atoms with van der Waals surface area (Å²) in [5.74, 6) is -1.28. The van der Waals surface area contributed by atoms with Crippen LogP contribution in [0.2, 0.25) is 18.1 Å². The van der Waals surface area contributed by atoms with Gasteiger partial charge >= 0.3 is 17.6 Å². The maximum Gasteiger partial charge on any atom is 0.311 e. The summed E-state index contributed by atoms with van der Waals surface area (Å²) in [6.45, 7) is 8.66. The van der Waals surface area contributed by atoms with Crippen LogP contribution >= 0.6 is 0 Å². The first-order valence-electron chi connectivity index (χ1n) is 10.7. The molecule has 1 aromatic rings. The van der Waals surface area contributed by atoms with E-state index in [4.69, 9.17) is 23.4 Å². The average molecular weight is 470 g/mol. The SMILES string of the molecule is CC[Si](CC)(CC)O[C@@H]1CO[C@@H](Oc2ccccc2[N+](=O)[O-])[C@H](OC(C)=O)[C@H]1OC(C)=O. The first kappa shape index (κ1) is 25.8. The van der Waals surface area contributed by atoms with E-state index in [0.717, 1.165) is 18.1 Å². The van der Waals surface area contributed by atoms with Crippen molar-refractivity contribution in [2.24, 2.45) is 0 Å². The molecule has 10 nitrogen and oxygen atoms in total. The monoisotopic (exact) mass is 469 g/mol. The Morgan fingerprint density at radius 2 is 1.62 bits per heavy atom. The molecule has 1 saturated heterocycles. The molecular formula is C21H31NO9Si. The summed E-state index contributed by atoms with van der Waals surface area (Å²) in [7, 11) is -2.13. The second-order valence-electron chi connectivity index (χ2n) is 7.59. The van der Waals surface area contributed by atoms with Crippen molar-refractivity contribution in [3.05, 3.63) is 34.4 Å². The van der Waals surface area contributed by atoms with Gasteiger partial charge in [0.05, 0.1) is 11.5 Å². The molecule has 0 spiro atoms. The summed E-state index contributed by atoms with van der Waals surface area (Å²) in [5, 5.41) is 11.4. The minimum atomic E-state index is -2.13. The van der Waals surface area contributed by atoms with Crippen molar-refractivity contribution in [2.45, 2.75) is 77.4 Å². The fourth-order valence-electron chi connectivity index (χ4n) is 3.75. The van der Waals surface area contributed by atoms with Crippen LogP contribution in [0.3, 0.4) is 0 Å². The van der Waals surface area contributed by atoms with E-state index < -0.39 is 49.8 Å². The van der Waals surface area contributed by atoms with Gasteiger partial charge in [0.25, 0.3) is 0 Å². The number of nitro benzene ring substituents is 1. The number of carbonyl (C=O) groups is 2. The number of nitrogens with zero attached hydrogens (tertiary/aromatic N) is 1. The molecule has 0 saturated carbocycles. The van der Waals surface area contributed by atoms with Gasteiger partial charge in [-0.25, -0.2) is 0 Å². The molecule has 0 radical (unpaired) electrons. The molecule has 0 aromatic heterocycles. The molecule has 2 rings (SSSR count). The van der Waals surface area contributed by atoms with Crippen LogP contribution in [-0.4, -0.2) is 56.4 Å². The van der Waals surface area contributed by atoms with Gasteiger partial charge in [-0.1, -0.05) is 32.9 Å². The lowest BCUT2D eigenvalue weighted by Crippen LogP contribution is -2.61. The molecule has 0 aliphatic carbocycles. The van der Waals surface area contributed by atoms with E-state index in [-0.39, 0.29) is 18.0 Å². The molecule has 11 heteroatoms. The zero-order valence-electron chi connectivity index (χ0n) is 19.1. The van der Waals surface area contributed by atoms with Crippen LogP contribution in [0, 0.1) is 10.1 Å². The zero-order valence-corrected chi connectivity index (χ0v) is 20.1. The second-order valence-corrected chi connectivity index (χ2v) is 12.3. The quantitative estimate of drug-likeness (QED) is 0.219. The summed E-state index contributed by atoms with van der Waals surface area (Å²) in [6, 6.07) is 8.36. The highest BCUT2D eigenvalue weighted by atomic mass is 28.4. The molecule has 0 N–H and O–H groups in total. The average Bonchev–Trinajstić information content (AvgIpc) is 2.75. The Labute approximate surface area is 188 Å². The highest BCUT2D eigenvalue weighted by Crippen LogP contribution is 2.33. The normalized spacial score (nSPS) is 23.3. The molecule has 178 valence electrons. The first-order valence-corrected chi connectivity index (χ1v) is 13.2. The van der Waals surface area contributed by atoms with E-state index in [9.17, 15) is 19.7 Å². The third-order valence-corrected chi connectivity index (χ3v) is 10.3. The smallest absolute Gasteiger partial charge is 0.311 e. The van der Waals surface area contributed by atoms with E-state index in [1.165, 1.54) is 32.0 Å². The highest BCUT2D eigenvalue weighted by molar-refractivity contribution is 6.73. The van der Waals surface area contributed by atoms with Crippen LogP contribution in [-0.2, 0) is 28.2 Å². The topological polar surface area (TPSA) is 123 Å². The predicted octanol–water partition coefficient (Wildman–Crippen LogP) is 3.58. The lowest BCUT2D eigenvalue weighted by Gasteiger charge is -2.43. The Balaban J connectivity index is 2.39. The number of rotatable bonds is 10. The Kier molecular flexibility index (Phi) is 9.17. The third kappa shape index (κ3) is 6.27. The molecule has 32 heavy (non-hydrogen) atoms. The number of benzene rings is 1. The van der Waals surface area contributed by atoms with E-state index >= 15 is 0 Å². The molecule has 0 unspecified atom stereocenters. The zero-order chi connectivity index (χ0) is 23.9. The number of nitro groups is 1. The van der Waals surface area contributed by atoms with Crippen molar-refractivity contribution in [2.75, 3.05) is 6.61 Å². The summed E-state index contributed by atoms with van der Waals surface area (Å²) in [6.07, 6.45) is -4.06. The maximum atomic E-state index is 11.9. The Hall–Kier alpha value is -2.50. The van der Waals surface area contributed by atoms with Gasteiger partial charge in [0, 0.05) is 19.9 Å². The van der Waals surface area contributed by atoms with E-state index in [1.54, 1.807) is 6.07 Å². The van der Waals surface area contributed by atoms with Crippen LogP contribution in [0.1, 0.15) is 34.6 Å². The second kappa shape index (κ2) is 11.4. The molecule has 1 fully saturated rings. The van der Waals surface area contributed by atoms with Gasteiger partial charge in [-0.2, -0.15) is 0 Å². The molecule has 1 heterocycles. The Bertz CT molecular complexity index is 806. The summed E-state index contributed by atoms with van der Waals surface area (Å²) < 4.78 is 29.0. The maximum absolute atomic E-state index is 11.9. The van der Waals surface area contributed by atoms with Gasteiger partial charge in [-0.15, -0.1) is 0 Å². The molecule has 1 aliphatic rings. The van der Waals surface area contributed by atoms with Crippen molar-refractivity contribution in [3.63, 3.8) is 0 Å². The third-order valence-electron chi connectivity index (χ3n) is 5.63. The molecule has 0 bridgehead atoms. The van der Waals surface area contributed by atoms with E-state index in [0.29, 0.717) is 0 Å². The molecule has 4 atom stereocenters. The lowest BCUT2D eigenvalue weighted by atomic mass is 10.0. The largest absolute Gasteiger partial charge is 0.455 e. The van der Waals surface area contributed by atoms with E-state index in [2.05, 4.69) is 20.8 Å². The molecule has 1 aliphatic heterocycles. The number of ether oxygens (including phenoxy) is 4. The standard InChI is InChI=1S/C21H31NO9Si/c1-6-32(7-2,8-3)31-18-13-27-21(20(29-15(5)24)19(18)28-14(4)23)30-17-12-10-9-11-16(17)22(25)26/h9-12,18-21H,6-8,13H2,1-5H3/t18-,19+,20-,21+/m1/s1. The molecule has 1 aromatic carbocycles. The highest BCUT2D eigenvalue weighted by Gasteiger charge is 2.49. The van der Waals surface area contributed by atoms with Gasteiger partial charge in [0.15, 0.2) is 20.2 Å². The fraction of sp³-hybridized carbons (Fsp3) is 0.619. The van der Waals surface area contributed by atoms with Crippen LogP contribution in [0.5, 0.6) is 5.75 Å². The fourth-order valence-corrected chi connectivity index (χ4v) is 6.60. The van der Waals surface area contributed by atoms with Crippen LogP contribution < -0.4 is 4.74 Å². The van der Waals surface area contributed by atoms with Crippen molar-refractivity contribution >= 4 is 25.9 Å². The number of hydrogen-bond donors (Lipinski definition) is 0. The number of para-hydroxylation sites is 2. The first-order chi connectivity index (χ1) is 15.2. The van der Waals surface area contributed by atoms with Gasteiger partial charge in [-0.3, -0.25) is 19.7 Å². The van der Waals surface area contributed by atoms with Gasteiger partial charge in [0.1, 0.15) is 6.10 Å². The van der Waals surface area contributed by atoms with Gasteiger partial charge in [0.2, 0.25) is 12.4 Å². The lowest BCUT2D eigenvalue weighted by molar-refractivity contribution is -0.386. The summed E-state index contributed by atoms with van der Waals surface area (Å²) in [4.78, 5) is 34.5. The van der Waals surface area contributed by atoms with Crippen molar-refractivity contribution in [3.8, 4) is 5.75 Å². The Morgan fingerprint density at radius 1 is 1.06 bits per heavy atom. The van der Waals surface area contributed by atoms with Crippen LogP contribution in [0.15, 0.2) is 24.3 Å². The minimum Gasteiger partial charge on any atom is -0.455 e. The minimum absolute atomic E-state index is 0.00968. The summed E-state index contributed by atoms with van der Waals surface area (Å²) >= 11 is 0. The van der Waals surface area contributed by atoms with Crippen molar-refractivity contribution < 1.29 is 37.9 Å². The molecule has 0 amide bonds. The van der Waals surface area contributed by atoms with Gasteiger partial charge < -0.3 is 23.4 Å². The van der Waals surface area contributed by atoms with Crippen LogP contribution in [0.4, 0.5) is 5.69 Å². The summed E-state index contributed by atoms with van der Waals surface area (Å²) in [5.41, 5.74) is -0.269. The van der Waals surface area contributed by atoms with Crippen LogP contribution in [0.25, 0.3) is 0 Å². The molecular weight excluding hydrogens is 438 g/mol. The Morgan fingerprint density at radius 3 is 2.16 bits per heavy atom. The van der Waals surface area contributed by atoms with Crippen molar-refractivity contribution in [1.82, 2.24) is 0 Å². The number of esters is 2. The predicted molar refractivity (Wildman–Crippen MR) is 117 cm³/mol. The van der Waals surface area contributed by atoms with Crippen molar-refractivity contribution in [1.29, 1.82) is 0 Å². The number of carbonyl (C=O) groups excluding carboxylic acids is 2.